The summed E-state index contributed by atoms with van der Waals surface area (Å²) in [6.07, 6.45) is 0. The molecule has 48 valence electrons. The van der Waals surface area contributed by atoms with E-state index in [9.17, 15) is 0 Å². The van der Waals surface area contributed by atoms with Gasteiger partial charge in [0.05, 0.1) is 13.9 Å². The van der Waals surface area contributed by atoms with Crippen molar-refractivity contribution in [2.24, 2.45) is 5.73 Å². The maximum atomic E-state index is 6.96. The summed E-state index contributed by atoms with van der Waals surface area (Å²) in [5.41, 5.74) is 5.20. The van der Waals surface area contributed by atoms with E-state index in [0.29, 0.717) is 5.84 Å². The predicted molar refractivity (Wildman–Crippen MR) is 40.1 cm³/mol. The van der Waals surface area contributed by atoms with E-state index in [1.54, 1.807) is 0 Å². The molecule has 0 saturated carbocycles. The predicted octanol–water partition coefficient (Wildman–Crippen LogP) is 1.26. The first-order valence-electron chi connectivity index (χ1n) is 2.75. The molecule has 0 aromatic heterocycles. The Morgan fingerprint density at radius 1 is 1.50 bits per heavy atom. The normalized spacial score (nSPS) is 11.4. The zero-order valence-corrected chi connectivity index (χ0v) is 6.78. The van der Waals surface area contributed by atoms with E-state index < -0.39 is 8.07 Å². The molecule has 8 heavy (non-hydrogen) atoms. The Kier molecular flexibility index (Phi) is 2.21. The number of nitrogens with two attached hydrogens (primary N) is 1. The van der Waals surface area contributed by atoms with Crippen LogP contribution in [0.4, 0.5) is 0 Å². The van der Waals surface area contributed by atoms with Crippen LogP contribution in [0, 0.1) is 5.41 Å². The molecular weight excluding hydrogens is 116 g/mol. The Morgan fingerprint density at radius 3 is 1.88 bits per heavy atom. The summed E-state index contributed by atoms with van der Waals surface area (Å²) < 4.78 is 0. The summed E-state index contributed by atoms with van der Waals surface area (Å²) >= 11 is 0. The van der Waals surface area contributed by atoms with Crippen LogP contribution in [0.3, 0.4) is 0 Å². The first-order valence-corrected chi connectivity index (χ1v) is 6.45. The molecule has 0 fully saturated rings. The molecule has 3 heteroatoms. The van der Waals surface area contributed by atoms with Gasteiger partial charge in [-0.25, -0.2) is 0 Å². The van der Waals surface area contributed by atoms with Gasteiger partial charge in [-0.1, -0.05) is 19.6 Å². The first-order chi connectivity index (χ1) is 3.42. The fourth-order valence-corrected chi connectivity index (χ4v) is 1.71. The van der Waals surface area contributed by atoms with Gasteiger partial charge in [-0.2, -0.15) is 0 Å². The lowest BCUT2D eigenvalue weighted by atomic mass is 10.7. The van der Waals surface area contributed by atoms with Gasteiger partial charge in [-0.3, -0.25) is 5.41 Å². The van der Waals surface area contributed by atoms with Gasteiger partial charge in [0, 0.05) is 0 Å². The van der Waals surface area contributed by atoms with E-state index in [-0.39, 0.29) is 0 Å². The monoisotopic (exact) mass is 130 g/mol. The minimum absolute atomic E-state index is 0.337. The molecule has 0 saturated heterocycles. The molecule has 0 heterocycles. The van der Waals surface area contributed by atoms with Gasteiger partial charge in [0.15, 0.2) is 0 Å². The smallest absolute Gasteiger partial charge is 0.0877 e. The molecule has 0 aliphatic heterocycles. The molecule has 2 nitrogen and oxygen atoms in total. The van der Waals surface area contributed by atoms with Crippen molar-refractivity contribution in [1.29, 1.82) is 5.41 Å². The lowest BCUT2D eigenvalue weighted by Gasteiger charge is -2.12. The van der Waals surface area contributed by atoms with Gasteiger partial charge >= 0.3 is 0 Å². The molecule has 0 rings (SSSR count). The number of amidine groups is 1. The van der Waals surface area contributed by atoms with Crippen LogP contribution in [0.15, 0.2) is 0 Å². The summed E-state index contributed by atoms with van der Waals surface area (Å²) in [5.74, 6) is 0.337. The van der Waals surface area contributed by atoms with E-state index in [1.807, 2.05) is 0 Å². The Hall–Kier alpha value is -0.313. The fraction of sp³-hybridized carbons (Fsp3) is 0.800. The number of hydrogen-bond donors (Lipinski definition) is 2. The van der Waals surface area contributed by atoms with Crippen LogP contribution >= 0.6 is 0 Å². The Balaban J connectivity index is 3.55. The Morgan fingerprint density at radius 2 is 1.88 bits per heavy atom. The summed E-state index contributed by atoms with van der Waals surface area (Å²) in [4.78, 5) is 0. The lowest BCUT2D eigenvalue weighted by Crippen LogP contribution is -2.27. The number of rotatable bonds is 2. The topological polar surface area (TPSA) is 49.9 Å². The van der Waals surface area contributed by atoms with Crippen molar-refractivity contribution in [3.8, 4) is 0 Å². The van der Waals surface area contributed by atoms with Gasteiger partial charge in [0.1, 0.15) is 0 Å². The first kappa shape index (κ1) is 7.69. The van der Waals surface area contributed by atoms with Gasteiger partial charge in [0.25, 0.3) is 0 Å². The van der Waals surface area contributed by atoms with Crippen molar-refractivity contribution in [3.05, 3.63) is 0 Å². The van der Waals surface area contributed by atoms with Crippen LogP contribution < -0.4 is 5.73 Å². The van der Waals surface area contributed by atoms with E-state index in [1.165, 1.54) is 0 Å². The molecule has 0 amide bonds. The van der Waals surface area contributed by atoms with Gasteiger partial charge in [-0.15, -0.1) is 0 Å². The van der Waals surface area contributed by atoms with Crippen molar-refractivity contribution in [2.75, 3.05) is 0 Å². The number of nitrogens with one attached hydrogen (secondary N) is 1. The second-order valence-electron chi connectivity index (χ2n) is 3.26. The lowest BCUT2D eigenvalue weighted by molar-refractivity contribution is 1.38. The highest BCUT2D eigenvalue weighted by atomic mass is 28.3. The SMILES string of the molecule is C[Si](C)(C)CC(=N)N. The van der Waals surface area contributed by atoms with E-state index in [2.05, 4.69) is 19.6 Å². The molecule has 0 spiro atoms. The highest BCUT2D eigenvalue weighted by Crippen LogP contribution is 2.05. The van der Waals surface area contributed by atoms with Crippen molar-refractivity contribution < 1.29 is 0 Å². The third-order valence-electron chi connectivity index (χ3n) is 0.721. The Labute approximate surface area is 51.6 Å². The van der Waals surface area contributed by atoms with E-state index >= 15 is 0 Å². The van der Waals surface area contributed by atoms with Crippen LogP contribution in [0.2, 0.25) is 25.7 Å². The van der Waals surface area contributed by atoms with Crippen LogP contribution in [0.5, 0.6) is 0 Å². The largest absolute Gasteiger partial charge is 0.388 e. The molecule has 0 bridgehead atoms. The molecule has 0 aromatic rings. The maximum Gasteiger partial charge on any atom is 0.0877 e. The molecule has 0 aliphatic rings. The van der Waals surface area contributed by atoms with Gasteiger partial charge < -0.3 is 5.73 Å². The van der Waals surface area contributed by atoms with Crippen LogP contribution in [-0.4, -0.2) is 13.9 Å². The average Bonchev–Trinajstić information content (AvgIpc) is 1.21. The summed E-state index contributed by atoms with van der Waals surface area (Å²) in [6.45, 7) is 6.61. The van der Waals surface area contributed by atoms with Crippen molar-refractivity contribution in [2.45, 2.75) is 25.7 Å². The molecular formula is C5H14N2Si. The van der Waals surface area contributed by atoms with Crippen molar-refractivity contribution in [3.63, 3.8) is 0 Å². The molecule has 3 N–H and O–H groups in total. The molecule has 0 radical (unpaired) electrons. The van der Waals surface area contributed by atoms with Gasteiger partial charge in [-0.05, 0) is 6.04 Å². The summed E-state index contributed by atoms with van der Waals surface area (Å²) in [5, 5.41) is 6.96. The molecule has 0 unspecified atom stereocenters. The highest BCUT2D eigenvalue weighted by Gasteiger charge is 2.13. The Bertz CT molecular complexity index is 93.1. The average molecular weight is 130 g/mol. The van der Waals surface area contributed by atoms with Crippen LogP contribution in [0.1, 0.15) is 0 Å². The minimum atomic E-state index is -1.07. The van der Waals surface area contributed by atoms with Crippen LogP contribution in [-0.2, 0) is 0 Å². The van der Waals surface area contributed by atoms with Crippen molar-refractivity contribution >= 4 is 13.9 Å². The molecule has 0 aromatic carbocycles. The quantitative estimate of drug-likeness (QED) is 0.330. The minimum Gasteiger partial charge on any atom is -0.388 e. The van der Waals surface area contributed by atoms with E-state index in [4.69, 9.17) is 11.1 Å². The zero-order valence-electron chi connectivity index (χ0n) is 5.78. The highest BCUT2D eigenvalue weighted by molar-refractivity contribution is 6.78. The second kappa shape index (κ2) is 2.30. The number of hydrogen-bond acceptors (Lipinski definition) is 1. The standard InChI is InChI=1S/C5H14N2Si/c1-8(2,3)4-5(6)7/h4H2,1-3H3,(H3,6,7). The van der Waals surface area contributed by atoms with Crippen molar-refractivity contribution in [1.82, 2.24) is 0 Å². The fourth-order valence-electron chi connectivity index (χ4n) is 0.571. The summed E-state index contributed by atoms with van der Waals surface area (Å²) in [7, 11) is -1.07. The molecule has 0 aliphatic carbocycles. The summed E-state index contributed by atoms with van der Waals surface area (Å²) in [6, 6.07) is 0.826. The van der Waals surface area contributed by atoms with Crippen LogP contribution in [0.25, 0.3) is 0 Å². The maximum absolute atomic E-state index is 6.96. The molecule has 0 atom stereocenters. The second-order valence-corrected chi connectivity index (χ2v) is 8.74. The zero-order chi connectivity index (χ0) is 6.78. The van der Waals surface area contributed by atoms with E-state index in [0.717, 1.165) is 6.04 Å². The third kappa shape index (κ3) is 5.69. The van der Waals surface area contributed by atoms with Gasteiger partial charge in [0.2, 0.25) is 0 Å². The third-order valence-corrected chi connectivity index (χ3v) is 2.16.